The van der Waals surface area contributed by atoms with Gasteiger partial charge in [-0.05, 0) is 25.0 Å². The van der Waals surface area contributed by atoms with Crippen LogP contribution in [0.4, 0.5) is 0 Å². The van der Waals surface area contributed by atoms with Crippen LogP contribution in [0.5, 0.6) is 11.5 Å². The lowest BCUT2D eigenvalue weighted by Crippen LogP contribution is -2.32. The maximum absolute atomic E-state index is 5.81. The smallest absolute Gasteiger partial charge is 0.161 e. The summed E-state index contributed by atoms with van der Waals surface area (Å²) in [6, 6.07) is 7.71. The van der Waals surface area contributed by atoms with Gasteiger partial charge in [0.15, 0.2) is 11.5 Å². The van der Waals surface area contributed by atoms with Crippen molar-refractivity contribution in [1.82, 2.24) is 0 Å². The fourth-order valence-corrected chi connectivity index (χ4v) is 2.39. The van der Waals surface area contributed by atoms with Gasteiger partial charge in [0.05, 0.1) is 26.4 Å². The molecule has 1 aromatic carbocycles. The van der Waals surface area contributed by atoms with Gasteiger partial charge in [-0.15, -0.1) is 0 Å². The Morgan fingerprint density at radius 2 is 1.29 bits per heavy atom. The van der Waals surface area contributed by atoms with Crippen LogP contribution in [-0.4, -0.2) is 39.6 Å². The van der Waals surface area contributed by atoms with Crippen LogP contribution < -0.4 is 9.47 Å². The minimum Gasteiger partial charge on any atom is -0.487 e. The first kappa shape index (κ1) is 16.1. The van der Waals surface area contributed by atoms with Crippen molar-refractivity contribution in [3.63, 3.8) is 0 Å². The van der Waals surface area contributed by atoms with Crippen LogP contribution in [0.25, 0.3) is 0 Å². The summed E-state index contributed by atoms with van der Waals surface area (Å²) in [5, 5.41) is 0. The quantitative estimate of drug-likeness (QED) is 0.838. The van der Waals surface area contributed by atoms with Crippen LogP contribution >= 0.6 is 0 Å². The van der Waals surface area contributed by atoms with E-state index in [1.165, 1.54) is 0 Å². The number of hydrogen-bond acceptors (Lipinski definition) is 4. The zero-order valence-corrected chi connectivity index (χ0v) is 13.1. The van der Waals surface area contributed by atoms with E-state index >= 15 is 0 Å². The molecular formula is C17H26O4. The molecule has 0 radical (unpaired) electrons. The normalized spacial score (nSPS) is 19.9. The Labute approximate surface area is 127 Å². The second kappa shape index (κ2) is 8.25. The lowest BCUT2D eigenvalue weighted by Gasteiger charge is -2.31. The van der Waals surface area contributed by atoms with Crippen molar-refractivity contribution < 1.29 is 18.9 Å². The van der Waals surface area contributed by atoms with E-state index in [1.807, 2.05) is 24.3 Å². The molecule has 0 aliphatic carbocycles. The Morgan fingerprint density at radius 1 is 0.810 bits per heavy atom. The molecular weight excluding hydrogens is 268 g/mol. The maximum atomic E-state index is 5.81. The molecule has 0 spiro atoms. The zero-order chi connectivity index (χ0) is 15.0. The molecule has 0 bridgehead atoms. The van der Waals surface area contributed by atoms with E-state index in [2.05, 4.69) is 13.8 Å². The molecule has 4 heteroatoms. The van der Waals surface area contributed by atoms with E-state index in [-0.39, 0.29) is 5.41 Å². The molecule has 1 heterocycles. The topological polar surface area (TPSA) is 36.9 Å². The van der Waals surface area contributed by atoms with Gasteiger partial charge in [-0.25, -0.2) is 0 Å². The third-order valence-corrected chi connectivity index (χ3v) is 4.14. The highest BCUT2D eigenvalue weighted by atomic mass is 16.6. The summed E-state index contributed by atoms with van der Waals surface area (Å²) >= 11 is 0. The molecule has 0 saturated carbocycles. The van der Waals surface area contributed by atoms with E-state index in [0.29, 0.717) is 39.6 Å². The lowest BCUT2D eigenvalue weighted by molar-refractivity contribution is -0.0350. The van der Waals surface area contributed by atoms with Crippen molar-refractivity contribution >= 4 is 0 Å². The number of para-hydroxylation sites is 2. The molecule has 0 atom stereocenters. The second-order valence-corrected chi connectivity index (χ2v) is 5.46. The zero-order valence-electron chi connectivity index (χ0n) is 13.1. The maximum Gasteiger partial charge on any atom is 0.161 e. The molecule has 2 rings (SSSR count). The molecule has 4 nitrogen and oxygen atoms in total. The van der Waals surface area contributed by atoms with Gasteiger partial charge < -0.3 is 18.9 Å². The van der Waals surface area contributed by atoms with E-state index in [9.17, 15) is 0 Å². The van der Waals surface area contributed by atoms with Gasteiger partial charge in [0.2, 0.25) is 0 Å². The molecule has 0 N–H and O–H groups in total. The van der Waals surface area contributed by atoms with Crippen LogP contribution in [0.1, 0.15) is 26.7 Å². The van der Waals surface area contributed by atoms with Gasteiger partial charge in [0.1, 0.15) is 13.2 Å². The minimum atomic E-state index is 0.0981. The molecule has 0 saturated heterocycles. The predicted molar refractivity (Wildman–Crippen MR) is 82.1 cm³/mol. The monoisotopic (exact) mass is 294 g/mol. The first-order valence-electron chi connectivity index (χ1n) is 7.80. The van der Waals surface area contributed by atoms with Gasteiger partial charge in [-0.2, -0.15) is 0 Å². The number of hydrogen-bond donors (Lipinski definition) is 0. The fourth-order valence-electron chi connectivity index (χ4n) is 2.39. The molecule has 0 fully saturated rings. The highest BCUT2D eigenvalue weighted by Crippen LogP contribution is 2.29. The number of fused-ring (bicyclic) bond motifs is 1. The van der Waals surface area contributed by atoms with Gasteiger partial charge in [0, 0.05) is 5.41 Å². The molecule has 1 aromatic rings. The van der Waals surface area contributed by atoms with Crippen LogP contribution in [-0.2, 0) is 9.47 Å². The third-order valence-electron chi connectivity index (χ3n) is 4.14. The Morgan fingerprint density at radius 3 is 1.71 bits per heavy atom. The van der Waals surface area contributed by atoms with Gasteiger partial charge in [-0.3, -0.25) is 0 Å². The highest BCUT2D eigenvalue weighted by molar-refractivity contribution is 5.39. The van der Waals surface area contributed by atoms with Crippen molar-refractivity contribution in [2.75, 3.05) is 39.6 Å². The summed E-state index contributed by atoms with van der Waals surface area (Å²) in [5.74, 6) is 1.52. The van der Waals surface area contributed by atoms with E-state index < -0.39 is 0 Å². The predicted octanol–water partition coefficient (Wildman–Crippen LogP) is 3.30. The van der Waals surface area contributed by atoms with Crippen molar-refractivity contribution in [1.29, 1.82) is 0 Å². The summed E-state index contributed by atoms with van der Waals surface area (Å²) in [4.78, 5) is 0. The van der Waals surface area contributed by atoms with Crippen LogP contribution in [0.3, 0.4) is 0 Å². The average Bonchev–Trinajstić information content (AvgIpc) is 2.55. The molecule has 0 amide bonds. The third kappa shape index (κ3) is 4.61. The molecule has 0 aromatic heterocycles. The first-order valence-corrected chi connectivity index (χ1v) is 7.80. The summed E-state index contributed by atoms with van der Waals surface area (Å²) in [6.45, 7) is 8.04. The van der Waals surface area contributed by atoms with Crippen LogP contribution in [0.2, 0.25) is 0 Å². The fraction of sp³-hybridized carbons (Fsp3) is 0.647. The van der Waals surface area contributed by atoms with E-state index in [0.717, 1.165) is 24.3 Å². The standard InChI is InChI=1S/C17H26O4/c1-3-17(4-2)13-18-9-11-20-15-7-5-6-8-16(15)21-12-10-19-14-17/h5-8H,3-4,9-14H2,1-2H3. The summed E-state index contributed by atoms with van der Waals surface area (Å²) in [6.07, 6.45) is 2.09. The van der Waals surface area contributed by atoms with Crippen LogP contribution in [0.15, 0.2) is 24.3 Å². The number of ether oxygens (including phenoxy) is 4. The van der Waals surface area contributed by atoms with E-state index in [1.54, 1.807) is 0 Å². The highest BCUT2D eigenvalue weighted by Gasteiger charge is 2.27. The molecule has 1 aliphatic rings. The Bertz CT molecular complexity index is 380. The summed E-state index contributed by atoms with van der Waals surface area (Å²) < 4.78 is 23.1. The molecule has 118 valence electrons. The van der Waals surface area contributed by atoms with Crippen molar-refractivity contribution in [3.8, 4) is 11.5 Å². The SMILES string of the molecule is CCC1(CC)COCCOc2ccccc2OCCOC1. The molecule has 0 unspecified atom stereocenters. The van der Waals surface area contributed by atoms with Crippen LogP contribution in [0, 0.1) is 5.41 Å². The lowest BCUT2D eigenvalue weighted by atomic mass is 9.84. The van der Waals surface area contributed by atoms with Crippen molar-refractivity contribution in [2.45, 2.75) is 26.7 Å². The second-order valence-electron chi connectivity index (χ2n) is 5.46. The minimum absolute atomic E-state index is 0.0981. The Hall–Kier alpha value is -1.26. The van der Waals surface area contributed by atoms with Gasteiger partial charge in [-0.1, -0.05) is 26.0 Å². The van der Waals surface area contributed by atoms with E-state index in [4.69, 9.17) is 18.9 Å². The molecule has 1 aliphatic heterocycles. The Kier molecular flexibility index (Phi) is 6.33. The number of rotatable bonds is 2. The average molecular weight is 294 g/mol. The number of benzene rings is 1. The summed E-state index contributed by atoms with van der Waals surface area (Å²) in [7, 11) is 0. The largest absolute Gasteiger partial charge is 0.487 e. The van der Waals surface area contributed by atoms with Crippen molar-refractivity contribution in [2.24, 2.45) is 5.41 Å². The Balaban J connectivity index is 1.99. The first-order chi connectivity index (χ1) is 10.3. The van der Waals surface area contributed by atoms with Crippen molar-refractivity contribution in [3.05, 3.63) is 24.3 Å². The molecule has 21 heavy (non-hydrogen) atoms. The van der Waals surface area contributed by atoms with Gasteiger partial charge >= 0.3 is 0 Å². The summed E-state index contributed by atoms with van der Waals surface area (Å²) in [5.41, 5.74) is 0.0981. The van der Waals surface area contributed by atoms with Gasteiger partial charge in [0.25, 0.3) is 0 Å².